The zero-order chi connectivity index (χ0) is 19.4. The third kappa shape index (κ3) is 4.67. The summed E-state index contributed by atoms with van der Waals surface area (Å²) in [7, 11) is 1.54. The van der Waals surface area contributed by atoms with Crippen molar-refractivity contribution in [2.45, 2.75) is 19.0 Å². The van der Waals surface area contributed by atoms with Crippen LogP contribution in [0, 0.1) is 6.92 Å². The number of carbonyl (C=O) groups excluding carboxylic acids is 1. The number of halogens is 1. The number of imidazole rings is 1. The monoisotopic (exact) mass is 405 g/mol. The second kappa shape index (κ2) is 8.54. The Labute approximate surface area is 166 Å². The number of rotatable bonds is 7. The third-order valence-electron chi connectivity index (χ3n) is 3.84. The minimum atomic E-state index is -0.157. The highest BCUT2D eigenvalue weighted by molar-refractivity contribution is 7.99. The van der Waals surface area contributed by atoms with Gasteiger partial charge in [-0.15, -0.1) is 0 Å². The molecular weight excluding hydrogens is 386 g/mol. The van der Waals surface area contributed by atoms with Crippen LogP contribution >= 0.6 is 23.4 Å². The zero-order valence-electron chi connectivity index (χ0n) is 15.3. The summed E-state index contributed by atoms with van der Waals surface area (Å²) in [5, 5.41) is 4.12. The molecule has 1 aromatic heterocycles. The predicted molar refractivity (Wildman–Crippen MR) is 109 cm³/mol. The van der Waals surface area contributed by atoms with Crippen molar-refractivity contribution in [3.8, 4) is 11.5 Å². The zero-order valence-corrected chi connectivity index (χ0v) is 16.8. The first-order valence-electron chi connectivity index (χ1n) is 8.39. The van der Waals surface area contributed by atoms with Gasteiger partial charge < -0.3 is 19.8 Å². The minimum absolute atomic E-state index is 0.157. The van der Waals surface area contributed by atoms with E-state index in [2.05, 4.69) is 15.3 Å². The van der Waals surface area contributed by atoms with Crippen LogP contribution in [-0.2, 0) is 4.79 Å². The summed E-state index contributed by atoms with van der Waals surface area (Å²) in [4.78, 5) is 20.0. The molecule has 3 rings (SSSR count). The number of nitrogens with one attached hydrogen (secondary N) is 2. The molecule has 1 heterocycles. The van der Waals surface area contributed by atoms with Crippen LogP contribution in [0.4, 0.5) is 5.69 Å². The standard InChI is InChI=1S/C19H20ClN3O3S/c1-4-26-12-5-6-14-15(8-12)23-19(22-14)27-10-18(24)21-16-7-11(2)13(20)9-17(16)25-3/h5-9H,4,10H2,1-3H3,(H,21,24)(H,22,23). The largest absolute Gasteiger partial charge is 0.495 e. The Morgan fingerprint density at radius 3 is 2.89 bits per heavy atom. The highest BCUT2D eigenvalue weighted by Gasteiger charge is 2.12. The molecule has 0 aliphatic heterocycles. The number of aromatic amines is 1. The number of hydrogen-bond donors (Lipinski definition) is 2. The lowest BCUT2D eigenvalue weighted by Gasteiger charge is -2.12. The molecule has 0 bridgehead atoms. The molecule has 0 saturated heterocycles. The summed E-state index contributed by atoms with van der Waals surface area (Å²) in [5.74, 6) is 1.36. The number of benzene rings is 2. The van der Waals surface area contributed by atoms with Crippen LogP contribution in [0.5, 0.6) is 11.5 Å². The third-order valence-corrected chi connectivity index (χ3v) is 5.12. The van der Waals surface area contributed by atoms with Gasteiger partial charge >= 0.3 is 0 Å². The summed E-state index contributed by atoms with van der Waals surface area (Å²) in [6.45, 7) is 4.42. The van der Waals surface area contributed by atoms with E-state index in [4.69, 9.17) is 21.1 Å². The van der Waals surface area contributed by atoms with Crippen molar-refractivity contribution >= 4 is 46.0 Å². The molecule has 6 nitrogen and oxygen atoms in total. The van der Waals surface area contributed by atoms with Crippen LogP contribution in [0.25, 0.3) is 11.0 Å². The Hall–Kier alpha value is -2.38. The van der Waals surface area contributed by atoms with Crippen molar-refractivity contribution in [3.63, 3.8) is 0 Å². The summed E-state index contributed by atoms with van der Waals surface area (Å²) >= 11 is 7.42. The Kier molecular flexibility index (Phi) is 6.13. The fourth-order valence-electron chi connectivity index (χ4n) is 2.54. The first kappa shape index (κ1) is 19.4. The molecule has 0 atom stereocenters. The van der Waals surface area contributed by atoms with Crippen molar-refractivity contribution in [2.24, 2.45) is 0 Å². The number of hydrogen-bond acceptors (Lipinski definition) is 5. The van der Waals surface area contributed by atoms with E-state index in [1.165, 1.54) is 18.9 Å². The maximum Gasteiger partial charge on any atom is 0.234 e. The fourth-order valence-corrected chi connectivity index (χ4v) is 3.38. The number of fused-ring (bicyclic) bond motifs is 1. The number of carbonyl (C=O) groups is 1. The molecule has 2 N–H and O–H groups in total. The summed E-state index contributed by atoms with van der Waals surface area (Å²) in [6.07, 6.45) is 0. The number of methoxy groups -OCH3 is 1. The normalized spacial score (nSPS) is 10.8. The minimum Gasteiger partial charge on any atom is -0.495 e. The number of ether oxygens (including phenoxy) is 2. The maximum atomic E-state index is 12.3. The van der Waals surface area contributed by atoms with Crippen LogP contribution in [0.15, 0.2) is 35.5 Å². The van der Waals surface area contributed by atoms with Crippen LogP contribution in [0.3, 0.4) is 0 Å². The maximum absolute atomic E-state index is 12.3. The molecular formula is C19H20ClN3O3S. The average Bonchev–Trinajstić information content (AvgIpc) is 3.05. The average molecular weight is 406 g/mol. The van der Waals surface area contributed by atoms with Crippen molar-refractivity contribution in [1.29, 1.82) is 0 Å². The van der Waals surface area contributed by atoms with Gasteiger partial charge in [-0.25, -0.2) is 4.98 Å². The van der Waals surface area contributed by atoms with E-state index in [-0.39, 0.29) is 11.7 Å². The van der Waals surface area contributed by atoms with Crippen molar-refractivity contribution in [1.82, 2.24) is 9.97 Å². The van der Waals surface area contributed by atoms with Gasteiger partial charge in [0.1, 0.15) is 11.5 Å². The highest BCUT2D eigenvalue weighted by atomic mass is 35.5. The van der Waals surface area contributed by atoms with E-state index in [1.54, 1.807) is 12.1 Å². The lowest BCUT2D eigenvalue weighted by molar-refractivity contribution is -0.113. The smallest absolute Gasteiger partial charge is 0.234 e. The Bertz CT molecular complexity index is 974. The van der Waals surface area contributed by atoms with E-state index < -0.39 is 0 Å². The molecule has 27 heavy (non-hydrogen) atoms. The van der Waals surface area contributed by atoms with Crippen LogP contribution in [-0.4, -0.2) is 35.3 Å². The van der Waals surface area contributed by atoms with Gasteiger partial charge in [-0.3, -0.25) is 4.79 Å². The van der Waals surface area contributed by atoms with Crippen molar-refractivity contribution in [2.75, 3.05) is 24.8 Å². The summed E-state index contributed by atoms with van der Waals surface area (Å²) in [5.41, 5.74) is 3.16. The molecule has 2 aromatic carbocycles. The molecule has 0 saturated carbocycles. The fraction of sp³-hybridized carbons (Fsp3) is 0.263. The molecule has 8 heteroatoms. The first-order valence-corrected chi connectivity index (χ1v) is 9.76. The van der Waals surface area contributed by atoms with Crippen molar-refractivity contribution < 1.29 is 14.3 Å². The summed E-state index contributed by atoms with van der Waals surface area (Å²) in [6, 6.07) is 9.15. The number of aromatic nitrogens is 2. The van der Waals surface area contributed by atoms with E-state index >= 15 is 0 Å². The molecule has 0 unspecified atom stereocenters. The second-order valence-corrected chi connectivity index (χ2v) is 7.16. The number of thioether (sulfide) groups is 1. The van der Waals surface area contributed by atoms with E-state index in [0.29, 0.717) is 28.2 Å². The quantitative estimate of drug-likeness (QED) is 0.559. The van der Waals surface area contributed by atoms with Gasteiger partial charge in [-0.1, -0.05) is 23.4 Å². The molecule has 0 aliphatic carbocycles. The SMILES string of the molecule is CCOc1ccc2nc(SCC(=O)Nc3cc(C)c(Cl)cc3OC)[nH]c2c1. The molecule has 0 aliphatic rings. The van der Waals surface area contributed by atoms with Gasteiger partial charge in [0.15, 0.2) is 5.16 Å². The van der Waals surface area contributed by atoms with Crippen LogP contribution in [0.1, 0.15) is 12.5 Å². The van der Waals surface area contributed by atoms with Crippen LogP contribution in [0.2, 0.25) is 5.02 Å². The Morgan fingerprint density at radius 1 is 1.33 bits per heavy atom. The number of amides is 1. The van der Waals surface area contributed by atoms with Gasteiger partial charge in [-0.2, -0.15) is 0 Å². The molecule has 142 valence electrons. The van der Waals surface area contributed by atoms with Gasteiger partial charge in [0.25, 0.3) is 0 Å². The number of H-pyrrole nitrogens is 1. The molecule has 3 aromatic rings. The van der Waals surface area contributed by atoms with Gasteiger partial charge in [0, 0.05) is 17.2 Å². The van der Waals surface area contributed by atoms with E-state index in [0.717, 1.165) is 22.3 Å². The first-order chi connectivity index (χ1) is 13.0. The number of anilines is 1. The molecule has 1 amide bonds. The predicted octanol–water partition coefficient (Wildman–Crippen LogP) is 4.66. The van der Waals surface area contributed by atoms with Gasteiger partial charge in [0.05, 0.1) is 36.2 Å². The lowest BCUT2D eigenvalue weighted by atomic mass is 10.2. The van der Waals surface area contributed by atoms with Gasteiger partial charge in [0.2, 0.25) is 5.91 Å². The Morgan fingerprint density at radius 2 is 2.15 bits per heavy atom. The van der Waals surface area contributed by atoms with Crippen LogP contribution < -0.4 is 14.8 Å². The number of nitrogens with zero attached hydrogens (tertiary/aromatic N) is 1. The second-order valence-electron chi connectivity index (χ2n) is 5.79. The van der Waals surface area contributed by atoms with E-state index in [9.17, 15) is 4.79 Å². The molecule has 0 radical (unpaired) electrons. The Balaban J connectivity index is 1.65. The number of aryl methyl sites for hydroxylation is 1. The van der Waals surface area contributed by atoms with Gasteiger partial charge in [-0.05, 0) is 37.6 Å². The summed E-state index contributed by atoms with van der Waals surface area (Å²) < 4.78 is 10.8. The van der Waals surface area contributed by atoms with E-state index in [1.807, 2.05) is 32.0 Å². The molecule has 0 fully saturated rings. The molecule has 0 spiro atoms. The van der Waals surface area contributed by atoms with Crippen molar-refractivity contribution in [3.05, 3.63) is 40.9 Å². The lowest BCUT2D eigenvalue weighted by Crippen LogP contribution is -2.15. The highest BCUT2D eigenvalue weighted by Crippen LogP contribution is 2.31. The topological polar surface area (TPSA) is 76.2 Å².